The summed E-state index contributed by atoms with van der Waals surface area (Å²) < 4.78 is 50.2. The smallest absolute Gasteiger partial charge is 0.324 e. The molecule has 0 aliphatic carbocycles. The van der Waals surface area contributed by atoms with Gasteiger partial charge in [-0.2, -0.15) is 8.78 Å². The molecule has 3 nitrogen and oxygen atoms in total. The van der Waals surface area contributed by atoms with E-state index in [4.69, 9.17) is 5.73 Å². The largest absolute Gasteiger partial charge is 0.327 e. The molecule has 1 rings (SSSR count). The number of hydrogen-bond donors (Lipinski definition) is 1. The first kappa shape index (κ1) is 12.0. The van der Waals surface area contributed by atoms with Crippen molar-refractivity contribution in [3.05, 3.63) is 18.2 Å². The van der Waals surface area contributed by atoms with E-state index >= 15 is 0 Å². The van der Waals surface area contributed by atoms with Crippen LogP contribution >= 0.6 is 0 Å². The Kier molecular flexibility index (Phi) is 3.33. The van der Waals surface area contributed by atoms with E-state index in [1.807, 2.05) is 0 Å². The summed E-state index contributed by atoms with van der Waals surface area (Å²) in [5, 5.41) is 0. The fraction of sp³-hybridized carbons (Fsp3) is 0.625. The third kappa shape index (κ3) is 2.68. The lowest BCUT2D eigenvalue weighted by Gasteiger charge is -2.18. The molecule has 0 spiro atoms. The van der Waals surface area contributed by atoms with Crippen molar-refractivity contribution in [2.45, 2.75) is 31.9 Å². The van der Waals surface area contributed by atoms with Crippen LogP contribution in [-0.2, 0) is 6.54 Å². The number of nitrogens with zero attached hydrogens (tertiary/aromatic N) is 2. The molecule has 1 atom stereocenters. The second-order valence-corrected chi connectivity index (χ2v) is 3.30. The zero-order valence-electron chi connectivity index (χ0n) is 8.00. The van der Waals surface area contributed by atoms with Gasteiger partial charge in [-0.1, -0.05) is 0 Å². The molecule has 1 aromatic heterocycles. The van der Waals surface area contributed by atoms with Gasteiger partial charge >= 0.3 is 12.3 Å². The number of nitrogens with two attached hydrogens (primary N) is 1. The van der Waals surface area contributed by atoms with Crippen molar-refractivity contribution in [1.29, 1.82) is 0 Å². The van der Waals surface area contributed by atoms with Crippen LogP contribution < -0.4 is 5.73 Å². The van der Waals surface area contributed by atoms with Crippen LogP contribution in [0, 0.1) is 0 Å². The number of hydrogen-bond acceptors (Lipinski definition) is 2. The van der Waals surface area contributed by atoms with Gasteiger partial charge in [-0.25, -0.2) is 13.8 Å². The molecular weight excluding hydrogens is 214 g/mol. The Labute approximate surface area is 83.9 Å². The molecule has 0 saturated heterocycles. The van der Waals surface area contributed by atoms with Gasteiger partial charge in [0, 0.05) is 12.2 Å². The zero-order valence-corrected chi connectivity index (χ0v) is 8.00. The Morgan fingerprint density at radius 3 is 2.60 bits per heavy atom. The van der Waals surface area contributed by atoms with Gasteiger partial charge in [0.15, 0.2) is 0 Å². The summed E-state index contributed by atoms with van der Waals surface area (Å²) in [4.78, 5) is 3.59. The van der Waals surface area contributed by atoms with Crippen LogP contribution in [0.5, 0.6) is 0 Å². The van der Waals surface area contributed by atoms with Crippen LogP contribution in [0.4, 0.5) is 17.6 Å². The van der Waals surface area contributed by atoms with Crippen molar-refractivity contribution in [3.63, 3.8) is 0 Å². The lowest BCUT2D eigenvalue weighted by molar-refractivity contribution is -0.138. The molecule has 0 aliphatic rings. The molecule has 1 heterocycles. The predicted octanol–water partition coefficient (Wildman–Crippen LogP) is 1.80. The van der Waals surface area contributed by atoms with Gasteiger partial charge in [0.2, 0.25) is 0 Å². The standard InChI is InChI=1S/C8H11F4N3/c1-5(13)6-2-14-4-15(6)3-8(11,12)7(9)10/h2,4-5,7H,3,13H2,1H3/t5-/m0/s1. The molecule has 0 bridgehead atoms. The highest BCUT2D eigenvalue weighted by molar-refractivity contribution is 5.03. The molecular formula is C8H11F4N3. The third-order valence-electron chi connectivity index (χ3n) is 1.91. The number of imidazole rings is 1. The van der Waals surface area contributed by atoms with Gasteiger partial charge in [-0.05, 0) is 6.92 Å². The molecule has 0 aromatic carbocycles. The highest BCUT2D eigenvalue weighted by atomic mass is 19.3. The van der Waals surface area contributed by atoms with Crippen molar-refractivity contribution in [2.24, 2.45) is 5.73 Å². The van der Waals surface area contributed by atoms with Gasteiger partial charge < -0.3 is 10.3 Å². The molecule has 0 amide bonds. The monoisotopic (exact) mass is 225 g/mol. The Morgan fingerprint density at radius 1 is 1.53 bits per heavy atom. The van der Waals surface area contributed by atoms with E-state index in [1.54, 1.807) is 6.92 Å². The zero-order chi connectivity index (χ0) is 11.6. The normalized spacial score (nSPS) is 14.6. The molecule has 0 aliphatic heterocycles. The van der Waals surface area contributed by atoms with Gasteiger partial charge in [-0.3, -0.25) is 0 Å². The summed E-state index contributed by atoms with van der Waals surface area (Å²) in [6, 6.07) is -0.527. The topological polar surface area (TPSA) is 43.8 Å². The fourth-order valence-electron chi connectivity index (χ4n) is 1.14. The SMILES string of the molecule is C[C@H](N)c1cncn1CC(F)(F)C(F)F. The molecule has 0 radical (unpaired) electrons. The third-order valence-corrected chi connectivity index (χ3v) is 1.91. The first-order valence-corrected chi connectivity index (χ1v) is 4.26. The van der Waals surface area contributed by atoms with Crippen LogP contribution in [0.25, 0.3) is 0 Å². The summed E-state index contributed by atoms with van der Waals surface area (Å²) in [5.74, 6) is -4.07. The maximum Gasteiger partial charge on any atom is 0.324 e. The average molecular weight is 225 g/mol. The second-order valence-electron chi connectivity index (χ2n) is 3.30. The average Bonchev–Trinajstić information content (AvgIpc) is 2.51. The van der Waals surface area contributed by atoms with E-state index in [2.05, 4.69) is 4.98 Å². The van der Waals surface area contributed by atoms with Gasteiger partial charge in [-0.15, -0.1) is 0 Å². The van der Waals surface area contributed by atoms with E-state index < -0.39 is 24.9 Å². The number of aromatic nitrogens is 2. The van der Waals surface area contributed by atoms with Crippen LogP contribution in [0.15, 0.2) is 12.5 Å². The lowest BCUT2D eigenvalue weighted by Crippen LogP contribution is -2.33. The minimum atomic E-state index is -4.07. The molecule has 7 heteroatoms. The minimum absolute atomic E-state index is 0.301. The summed E-state index contributed by atoms with van der Waals surface area (Å²) in [5.41, 5.74) is 5.76. The van der Waals surface area contributed by atoms with Crippen molar-refractivity contribution >= 4 is 0 Å². The molecule has 2 N–H and O–H groups in total. The molecule has 86 valence electrons. The quantitative estimate of drug-likeness (QED) is 0.794. The van der Waals surface area contributed by atoms with Crippen LogP contribution in [0.2, 0.25) is 0 Å². The van der Waals surface area contributed by atoms with Gasteiger partial charge in [0.25, 0.3) is 0 Å². The van der Waals surface area contributed by atoms with Crippen molar-refractivity contribution < 1.29 is 17.6 Å². The summed E-state index contributed by atoms with van der Waals surface area (Å²) in [6.45, 7) is 0.454. The van der Waals surface area contributed by atoms with Crippen LogP contribution in [-0.4, -0.2) is 21.9 Å². The molecule has 0 unspecified atom stereocenters. The molecule has 1 aromatic rings. The minimum Gasteiger partial charge on any atom is -0.327 e. The number of alkyl halides is 4. The predicted molar refractivity (Wildman–Crippen MR) is 45.8 cm³/mol. The first-order valence-electron chi connectivity index (χ1n) is 4.26. The molecule has 0 fully saturated rings. The maximum absolute atomic E-state index is 12.7. The fourth-order valence-corrected chi connectivity index (χ4v) is 1.14. The summed E-state index contributed by atoms with van der Waals surface area (Å²) in [7, 11) is 0. The maximum atomic E-state index is 12.7. The van der Waals surface area contributed by atoms with Crippen molar-refractivity contribution in [1.82, 2.24) is 9.55 Å². The second kappa shape index (κ2) is 4.18. The first-order chi connectivity index (χ1) is 6.84. The van der Waals surface area contributed by atoms with Crippen molar-refractivity contribution in [3.8, 4) is 0 Å². The van der Waals surface area contributed by atoms with E-state index in [0.29, 0.717) is 5.69 Å². The van der Waals surface area contributed by atoms with Crippen molar-refractivity contribution in [2.75, 3.05) is 0 Å². The van der Waals surface area contributed by atoms with E-state index in [-0.39, 0.29) is 0 Å². The summed E-state index contributed by atoms with van der Waals surface area (Å²) in [6.07, 6.45) is -1.35. The molecule has 15 heavy (non-hydrogen) atoms. The Morgan fingerprint density at radius 2 is 2.13 bits per heavy atom. The number of halogens is 4. The highest BCUT2D eigenvalue weighted by Crippen LogP contribution is 2.26. The van der Waals surface area contributed by atoms with E-state index in [1.165, 1.54) is 6.20 Å². The number of rotatable bonds is 4. The van der Waals surface area contributed by atoms with Crippen LogP contribution in [0.3, 0.4) is 0 Å². The lowest BCUT2D eigenvalue weighted by atomic mass is 10.2. The molecule has 0 saturated carbocycles. The van der Waals surface area contributed by atoms with Crippen LogP contribution in [0.1, 0.15) is 18.7 Å². The Balaban J connectivity index is 2.85. The van der Waals surface area contributed by atoms with E-state index in [9.17, 15) is 17.6 Å². The van der Waals surface area contributed by atoms with Gasteiger partial charge in [0.1, 0.15) is 0 Å². The Bertz CT molecular complexity index is 321. The Hall–Kier alpha value is -1.11. The van der Waals surface area contributed by atoms with E-state index in [0.717, 1.165) is 10.9 Å². The highest BCUT2D eigenvalue weighted by Gasteiger charge is 2.41. The summed E-state index contributed by atoms with van der Waals surface area (Å²) >= 11 is 0. The van der Waals surface area contributed by atoms with Gasteiger partial charge in [0.05, 0.1) is 18.6 Å².